The molecule has 1 saturated carbocycles. The lowest BCUT2D eigenvalue weighted by Gasteiger charge is -2.07. The normalized spacial score (nSPS) is 15.8. The maximum atomic E-state index is 6.48. The lowest BCUT2D eigenvalue weighted by molar-refractivity contribution is 0.628. The van der Waals surface area contributed by atoms with E-state index in [4.69, 9.17) is 39.9 Å². The second-order valence-electron chi connectivity index (χ2n) is 5.52. The van der Waals surface area contributed by atoms with Crippen molar-refractivity contribution in [2.24, 2.45) is 0 Å². The first kappa shape index (κ1) is 15.2. The third-order valence-electron chi connectivity index (χ3n) is 4.17. The van der Waals surface area contributed by atoms with E-state index in [2.05, 4.69) is 0 Å². The zero-order valence-electron chi connectivity index (χ0n) is 11.7. The SMILES string of the molecule is ClCc1c(C2CCCC2)nn(Cc2ccccc2Cl)c1Cl. The summed E-state index contributed by atoms with van der Waals surface area (Å²) >= 11 is 18.8. The molecule has 1 aromatic heterocycles. The molecule has 3 rings (SSSR count). The molecule has 0 radical (unpaired) electrons. The predicted molar refractivity (Wildman–Crippen MR) is 88.6 cm³/mol. The van der Waals surface area contributed by atoms with Gasteiger partial charge < -0.3 is 0 Å². The summed E-state index contributed by atoms with van der Waals surface area (Å²) in [6.07, 6.45) is 4.90. The topological polar surface area (TPSA) is 17.8 Å². The van der Waals surface area contributed by atoms with Crippen molar-refractivity contribution in [3.63, 3.8) is 0 Å². The molecule has 0 amide bonds. The van der Waals surface area contributed by atoms with Crippen LogP contribution >= 0.6 is 34.8 Å². The molecule has 5 heteroatoms. The Kier molecular flexibility index (Phi) is 4.78. The minimum absolute atomic E-state index is 0.410. The number of alkyl halides is 1. The Balaban J connectivity index is 1.94. The van der Waals surface area contributed by atoms with Gasteiger partial charge in [-0.05, 0) is 24.5 Å². The van der Waals surface area contributed by atoms with Crippen LogP contribution in [0, 0.1) is 0 Å². The summed E-state index contributed by atoms with van der Waals surface area (Å²) in [7, 11) is 0. The fraction of sp³-hybridized carbons (Fsp3) is 0.438. The van der Waals surface area contributed by atoms with Crippen LogP contribution in [0.25, 0.3) is 0 Å². The van der Waals surface area contributed by atoms with E-state index < -0.39 is 0 Å². The van der Waals surface area contributed by atoms with Crippen LogP contribution < -0.4 is 0 Å². The molecule has 1 heterocycles. The zero-order chi connectivity index (χ0) is 14.8. The molecule has 0 atom stereocenters. The van der Waals surface area contributed by atoms with Gasteiger partial charge >= 0.3 is 0 Å². The number of nitrogens with zero attached hydrogens (tertiary/aromatic N) is 2. The van der Waals surface area contributed by atoms with Gasteiger partial charge in [0.2, 0.25) is 0 Å². The molecule has 1 aromatic carbocycles. The van der Waals surface area contributed by atoms with Crippen molar-refractivity contribution in [2.75, 3.05) is 0 Å². The van der Waals surface area contributed by atoms with Gasteiger partial charge in [0.05, 0.1) is 18.1 Å². The van der Waals surface area contributed by atoms with Gasteiger partial charge in [0, 0.05) is 16.5 Å². The Morgan fingerprint density at radius 2 is 1.86 bits per heavy atom. The fourth-order valence-electron chi connectivity index (χ4n) is 3.04. The highest BCUT2D eigenvalue weighted by molar-refractivity contribution is 6.32. The number of rotatable bonds is 4. The van der Waals surface area contributed by atoms with Crippen molar-refractivity contribution in [2.45, 2.75) is 44.0 Å². The molecule has 21 heavy (non-hydrogen) atoms. The van der Waals surface area contributed by atoms with Crippen molar-refractivity contribution in [3.8, 4) is 0 Å². The Bertz CT molecular complexity index is 630. The third-order valence-corrected chi connectivity index (χ3v) is 5.23. The summed E-state index contributed by atoms with van der Waals surface area (Å²) < 4.78 is 1.83. The van der Waals surface area contributed by atoms with Crippen LogP contribution in [-0.2, 0) is 12.4 Å². The van der Waals surface area contributed by atoms with Gasteiger partial charge in [-0.15, -0.1) is 11.6 Å². The van der Waals surface area contributed by atoms with Crippen LogP contribution in [0.1, 0.15) is 48.4 Å². The number of hydrogen-bond acceptors (Lipinski definition) is 1. The number of halogens is 3. The average molecular weight is 344 g/mol. The first-order valence-electron chi connectivity index (χ1n) is 7.25. The first-order valence-corrected chi connectivity index (χ1v) is 8.54. The van der Waals surface area contributed by atoms with Crippen molar-refractivity contribution >= 4 is 34.8 Å². The fourth-order valence-corrected chi connectivity index (χ4v) is 3.83. The summed E-state index contributed by atoms with van der Waals surface area (Å²) in [6.45, 7) is 0.578. The Morgan fingerprint density at radius 1 is 1.14 bits per heavy atom. The molecule has 0 bridgehead atoms. The van der Waals surface area contributed by atoms with E-state index in [0.717, 1.165) is 21.8 Å². The molecule has 2 aromatic rings. The standard InChI is InChI=1S/C16H17Cl3N2/c17-9-13-15(11-5-1-2-6-11)20-21(16(13)19)10-12-7-3-4-8-14(12)18/h3-4,7-8,11H,1-2,5-6,9-10H2. The molecule has 112 valence electrons. The van der Waals surface area contributed by atoms with Crippen LogP contribution in [0.4, 0.5) is 0 Å². The number of hydrogen-bond donors (Lipinski definition) is 0. The van der Waals surface area contributed by atoms with E-state index >= 15 is 0 Å². The van der Waals surface area contributed by atoms with E-state index in [1.54, 1.807) is 0 Å². The minimum atomic E-state index is 0.410. The number of benzene rings is 1. The van der Waals surface area contributed by atoms with Gasteiger partial charge in [-0.2, -0.15) is 5.10 Å². The molecule has 0 aliphatic heterocycles. The Morgan fingerprint density at radius 3 is 2.52 bits per heavy atom. The highest BCUT2D eigenvalue weighted by Gasteiger charge is 2.25. The molecule has 1 aliphatic carbocycles. The molecular weight excluding hydrogens is 327 g/mol. The second kappa shape index (κ2) is 6.60. The summed E-state index contributed by atoms with van der Waals surface area (Å²) in [5.41, 5.74) is 3.08. The van der Waals surface area contributed by atoms with E-state index in [1.165, 1.54) is 25.7 Å². The van der Waals surface area contributed by atoms with Gasteiger partial charge in [0.15, 0.2) is 0 Å². The molecular formula is C16H17Cl3N2. The number of aromatic nitrogens is 2. The van der Waals surface area contributed by atoms with Crippen LogP contribution in [0.3, 0.4) is 0 Å². The van der Waals surface area contributed by atoms with Gasteiger partial charge in [-0.3, -0.25) is 0 Å². The smallest absolute Gasteiger partial charge is 0.132 e. The van der Waals surface area contributed by atoms with E-state index in [1.807, 2.05) is 28.9 Å². The predicted octanol–water partition coefficient (Wildman–Crippen LogP) is 5.63. The van der Waals surface area contributed by atoms with E-state index in [9.17, 15) is 0 Å². The molecule has 0 spiro atoms. The summed E-state index contributed by atoms with van der Waals surface area (Å²) in [5, 5.41) is 6.12. The highest BCUT2D eigenvalue weighted by Crippen LogP contribution is 2.38. The van der Waals surface area contributed by atoms with Crippen LogP contribution in [0.5, 0.6) is 0 Å². The quantitative estimate of drug-likeness (QED) is 0.657. The summed E-state index contributed by atoms with van der Waals surface area (Å²) in [4.78, 5) is 0. The molecule has 0 saturated heterocycles. The van der Waals surface area contributed by atoms with E-state index in [-0.39, 0.29) is 0 Å². The van der Waals surface area contributed by atoms with Gasteiger partial charge in [-0.25, -0.2) is 4.68 Å². The van der Waals surface area contributed by atoms with Crippen molar-refractivity contribution in [1.29, 1.82) is 0 Å². The Labute approximate surface area is 140 Å². The van der Waals surface area contributed by atoms with Crippen LogP contribution in [-0.4, -0.2) is 9.78 Å². The minimum Gasteiger partial charge on any atom is -0.249 e. The molecule has 2 nitrogen and oxygen atoms in total. The Hall–Kier alpha value is -0.700. The lowest BCUT2D eigenvalue weighted by Crippen LogP contribution is -2.04. The first-order chi connectivity index (χ1) is 10.2. The van der Waals surface area contributed by atoms with Gasteiger partial charge in [-0.1, -0.05) is 54.2 Å². The summed E-state index contributed by atoms with van der Waals surface area (Å²) in [6, 6.07) is 7.77. The van der Waals surface area contributed by atoms with Crippen LogP contribution in [0.15, 0.2) is 24.3 Å². The maximum absolute atomic E-state index is 6.48. The van der Waals surface area contributed by atoms with Gasteiger partial charge in [0.25, 0.3) is 0 Å². The molecule has 0 unspecified atom stereocenters. The zero-order valence-corrected chi connectivity index (χ0v) is 13.9. The van der Waals surface area contributed by atoms with Crippen LogP contribution in [0.2, 0.25) is 10.2 Å². The maximum Gasteiger partial charge on any atom is 0.132 e. The van der Waals surface area contributed by atoms with Gasteiger partial charge in [0.1, 0.15) is 5.15 Å². The van der Waals surface area contributed by atoms with Crippen molar-refractivity contribution in [1.82, 2.24) is 9.78 Å². The van der Waals surface area contributed by atoms with Crippen molar-refractivity contribution < 1.29 is 0 Å². The molecule has 1 aliphatic rings. The lowest BCUT2D eigenvalue weighted by atomic mass is 10.0. The molecule has 0 N–H and O–H groups in total. The monoisotopic (exact) mass is 342 g/mol. The van der Waals surface area contributed by atoms with E-state index in [0.29, 0.717) is 23.5 Å². The average Bonchev–Trinajstić information content (AvgIpc) is 3.10. The third kappa shape index (κ3) is 3.08. The summed E-state index contributed by atoms with van der Waals surface area (Å²) in [5.74, 6) is 0.913. The second-order valence-corrected chi connectivity index (χ2v) is 6.55. The molecule has 1 fully saturated rings. The highest BCUT2D eigenvalue weighted by atomic mass is 35.5. The van der Waals surface area contributed by atoms with Crippen molar-refractivity contribution in [3.05, 3.63) is 51.3 Å². The largest absolute Gasteiger partial charge is 0.249 e.